The lowest BCUT2D eigenvalue weighted by Crippen LogP contribution is -2.56. The summed E-state index contributed by atoms with van der Waals surface area (Å²) in [4.78, 5) is 32.0. The highest BCUT2D eigenvalue weighted by Gasteiger charge is 2.32. The number of benzene rings is 1. The molecule has 30 heavy (non-hydrogen) atoms. The highest BCUT2D eigenvalue weighted by Crippen LogP contribution is 2.22. The van der Waals surface area contributed by atoms with E-state index in [4.69, 9.17) is 0 Å². The summed E-state index contributed by atoms with van der Waals surface area (Å²) in [6.45, 7) is 14.0. The predicted octanol–water partition coefficient (Wildman–Crippen LogP) is 2.70. The zero-order chi connectivity index (χ0) is 21.7. The van der Waals surface area contributed by atoms with Crippen LogP contribution in [0.4, 0.5) is 5.69 Å². The van der Waals surface area contributed by atoms with Crippen LogP contribution < -0.4 is 5.32 Å². The van der Waals surface area contributed by atoms with Crippen LogP contribution in [0.2, 0.25) is 0 Å². The van der Waals surface area contributed by atoms with E-state index in [1.54, 1.807) is 0 Å². The zero-order valence-corrected chi connectivity index (χ0v) is 19.1. The number of amides is 2. The molecule has 3 atom stereocenters. The average molecular weight is 415 g/mol. The van der Waals surface area contributed by atoms with Crippen molar-refractivity contribution in [3.63, 3.8) is 0 Å². The van der Waals surface area contributed by atoms with Crippen molar-refractivity contribution in [2.75, 3.05) is 51.1 Å². The summed E-state index contributed by atoms with van der Waals surface area (Å²) in [5.41, 5.74) is 2.07. The Morgan fingerprint density at radius 1 is 1.07 bits per heavy atom. The third-order valence-corrected chi connectivity index (χ3v) is 6.53. The summed E-state index contributed by atoms with van der Waals surface area (Å²) < 4.78 is 0. The fraction of sp³-hybridized carbons (Fsp3) is 0.667. The van der Waals surface area contributed by atoms with E-state index in [2.05, 4.69) is 46.9 Å². The molecule has 0 aromatic heterocycles. The fourth-order valence-electron chi connectivity index (χ4n) is 4.92. The molecule has 3 rings (SSSR count). The SMILES string of the molecule is CCc1ccccc1NC(=O)CN1CCN([C@@H](C)C(=O)N2C[C@@H](C)C[C@H](C)C2)CC1. The van der Waals surface area contributed by atoms with E-state index >= 15 is 0 Å². The van der Waals surface area contributed by atoms with Crippen LogP contribution in [-0.2, 0) is 16.0 Å². The largest absolute Gasteiger partial charge is 0.341 e. The molecule has 2 fully saturated rings. The number of carbonyl (C=O) groups excluding carboxylic acids is 2. The van der Waals surface area contributed by atoms with Gasteiger partial charge in [-0.1, -0.05) is 39.0 Å². The molecule has 6 heteroatoms. The van der Waals surface area contributed by atoms with E-state index in [9.17, 15) is 9.59 Å². The van der Waals surface area contributed by atoms with Gasteiger partial charge in [0.2, 0.25) is 11.8 Å². The highest BCUT2D eigenvalue weighted by atomic mass is 16.2. The van der Waals surface area contributed by atoms with Crippen molar-refractivity contribution in [3.05, 3.63) is 29.8 Å². The van der Waals surface area contributed by atoms with Gasteiger partial charge in [-0.3, -0.25) is 19.4 Å². The number of likely N-dealkylation sites (tertiary alicyclic amines) is 1. The third kappa shape index (κ3) is 5.82. The lowest BCUT2D eigenvalue weighted by molar-refractivity contribution is -0.140. The number of nitrogens with one attached hydrogen (secondary N) is 1. The van der Waals surface area contributed by atoms with Crippen LogP contribution in [0.3, 0.4) is 0 Å². The molecule has 0 unspecified atom stereocenters. The van der Waals surface area contributed by atoms with Gasteiger partial charge in [0.1, 0.15) is 0 Å². The van der Waals surface area contributed by atoms with Crippen LogP contribution in [0.25, 0.3) is 0 Å². The van der Waals surface area contributed by atoms with Gasteiger partial charge in [-0.15, -0.1) is 0 Å². The molecule has 1 aromatic rings. The quantitative estimate of drug-likeness (QED) is 0.778. The molecule has 2 saturated heterocycles. The number of piperazine rings is 1. The van der Waals surface area contributed by atoms with Crippen molar-refractivity contribution in [2.45, 2.75) is 46.6 Å². The number of hydrogen-bond donors (Lipinski definition) is 1. The monoisotopic (exact) mass is 414 g/mol. The maximum Gasteiger partial charge on any atom is 0.239 e. The van der Waals surface area contributed by atoms with Gasteiger partial charge < -0.3 is 10.2 Å². The van der Waals surface area contributed by atoms with Crippen molar-refractivity contribution in [1.29, 1.82) is 0 Å². The summed E-state index contributed by atoms with van der Waals surface area (Å²) in [6.07, 6.45) is 2.11. The highest BCUT2D eigenvalue weighted by molar-refractivity contribution is 5.93. The summed E-state index contributed by atoms with van der Waals surface area (Å²) in [6, 6.07) is 7.88. The molecule has 2 heterocycles. The second-order valence-corrected chi connectivity index (χ2v) is 9.24. The maximum atomic E-state index is 13.0. The Bertz CT molecular complexity index is 720. The summed E-state index contributed by atoms with van der Waals surface area (Å²) >= 11 is 0. The minimum Gasteiger partial charge on any atom is -0.341 e. The van der Waals surface area contributed by atoms with Gasteiger partial charge in [0.25, 0.3) is 0 Å². The molecule has 166 valence electrons. The number of nitrogens with zero attached hydrogens (tertiary/aromatic N) is 3. The molecule has 2 amide bonds. The summed E-state index contributed by atoms with van der Waals surface area (Å²) in [5.74, 6) is 1.46. The minimum absolute atomic E-state index is 0.0322. The van der Waals surface area contributed by atoms with Crippen LogP contribution in [0.15, 0.2) is 24.3 Å². The molecular weight excluding hydrogens is 376 g/mol. The Morgan fingerprint density at radius 3 is 2.33 bits per heavy atom. The second-order valence-electron chi connectivity index (χ2n) is 9.24. The first-order chi connectivity index (χ1) is 14.4. The number of anilines is 1. The molecule has 0 spiro atoms. The van der Waals surface area contributed by atoms with E-state index in [0.717, 1.165) is 56.9 Å². The molecule has 2 aliphatic heterocycles. The summed E-state index contributed by atoms with van der Waals surface area (Å²) in [5, 5.41) is 3.06. The van der Waals surface area contributed by atoms with E-state index in [-0.39, 0.29) is 17.9 Å². The fourth-order valence-corrected chi connectivity index (χ4v) is 4.92. The standard InChI is InChI=1S/C24H38N4O2/c1-5-21-8-6-7-9-22(21)25-23(29)17-26-10-12-27(13-11-26)20(4)24(30)28-15-18(2)14-19(3)16-28/h6-9,18-20H,5,10-17H2,1-4H3,(H,25,29)/t18-,19-,20-/m0/s1. The number of rotatable bonds is 6. The van der Waals surface area contributed by atoms with Crippen molar-refractivity contribution in [2.24, 2.45) is 11.8 Å². The molecule has 0 aliphatic carbocycles. The predicted molar refractivity (Wildman–Crippen MR) is 121 cm³/mol. The van der Waals surface area contributed by atoms with E-state index in [1.807, 2.05) is 25.1 Å². The first-order valence-electron chi connectivity index (χ1n) is 11.5. The molecule has 2 aliphatic rings. The van der Waals surface area contributed by atoms with Crippen molar-refractivity contribution < 1.29 is 9.59 Å². The average Bonchev–Trinajstić information content (AvgIpc) is 2.73. The zero-order valence-electron chi connectivity index (χ0n) is 19.1. The van der Waals surface area contributed by atoms with Crippen LogP contribution in [0, 0.1) is 11.8 Å². The van der Waals surface area contributed by atoms with Gasteiger partial charge in [0, 0.05) is 45.0 Å². The van der Waals surface area contributed by atoms with Gasteiger partial charge in [0.05, 0.1) is 12.6 Å². The van der Waals surface area contributed by atoms with Crippen LogP contribution in [0.1, 0.15) is 39.7 Å². The number of carbonyl (C=O) groups is 2. The number of piperidine rings is 1. The van der Waals surface area contributed by atoms with Crippen LogP contribution >= 0.6 is 0 Å². The second kappa shape index (κ2) is 10.4. The van der Waals surface area contributed by atoms with Crippen molar-refractivity contribution >= 4 is 17.5 Å². The Morgan fingerprint density at radius 2 is 1.70 bits per heavy atom. The Balaban J connectivity index is 1.46. The number of para-hydroxylation sites is 1. The molecule has 6 nitrogen and oxygen atoms in total. The first-order valence-corrected chi connectivity index (χ1v) is 11.5. The topological polar surface area (TPSA) is 55.9 Å². The Labute approximate surface area is 181 Å². The van der Waals surface area contributed by atoms with Crippen LogP contribution in [-0.4, -0.2) is 78.4 Å². The molecule has 0 bridgehead atoms. The van der Waals surface area contributed by atoms with Gasteiger partial charge in [0.15, 0.2) is 0 Å². The number of aryl methyl sites for hydroxylation is 1. The van der Waals surface area contributed by atoms with Crippen molar-refractivity contribution in [3.8, 4) is 0 Å². The van der Waals surface area contributed by atoms with Crippen molar-refractivity contribution in [1.82, 2.24) is 14.7 Å². The smallest absolute Gasteiger partial charge is 0.239 e. The minimum atomic E-state index is -0.0880. The van der Waals surface area contributed by atoms with Gasteiger partial charge in [-0.2, -0.15) is 0 Å². The van der Waals surface area contributed by atoms with Gasteiger partial charge in [-0.25, -0.2) is 0 Å². The van der Waals surface area contributed by atoms with Gasteiger partial charge in [-0.05, 0) is 43.2 Å². The maximum absolute atomic E-state index is 13.0. The Kier molecular flexibility index (Phi) is 7.89. The first kappa shape index (κ1) is 22.8. The van der Waals surface area contributed by atoms with E-state index in [1.165, 1.54) is 6.42 Å². The third-order valence-electron chi connectivity index (χ3n) is 6.53. The van der Waals surface area contributed by atoms with E-state index in [0.29, 0.717) is 18.4 Å². The number of hydrogen-bond acceptors (Lipinski definition) is 4. The van der Waals surface area contributed by atoms with Gasteiger partial charge >= 0.3 is 0 Å². The molecule has 1 aromatic carbocycles. The molecule has 1 N–H and O–H groups in total. The molecule has 0 saturated carbocycles. The normalized spacial score (nSPS) is 24.5. The summed E-state index contributed by atoms with van der Waals surface area (Å²) in [7, 11) is 0. The lowest BCUT2D eigenvalue weighted by atomic mass is 9.91. The van der Waals surface area contributed by atoms with E-state index < -0.39 is 0 Å². The Hall–Kier alpha value is -1.92. The molecule has 0 radical (unpaired) electrons. The van der Waals surface area contributed by atoms with Crippen LogP contribution in [0.5, 0.6) is 0 Å². The lowest BCUT2D eigenvalue weighted by Gasteiger charge is -2.41. The molecular formula is C24H38N4O2.